The molecule has 192 valence electrons. The number of aliphatic hydroxyl groups is 2. The van der Waals surface area contributed by atoms with E-state index in [9.17, 15) is 19.8 Å². The van der Waals surface area contributed by atoms with Gasteiger partial charge in [-0.15, -0.1) is 0 Å². The van der Waals surface area contributed by atoms with Crippen LogP contribution in [0.5, 0.6) is 0 Å². The minimum absolute atomic E-state index is 0.0560. The number of ether oxygens (including phenoxy) is 1. The molecule has 0 bridgehead atoms. The van der Waals surface area contributed by atoms with Crippen molar-refractivity contribution in [3.63, 3.8) is 0 Å². The molecule has 5 saturated heterocycles. The van der Waals surface area contributed by atoms with E-state index in [0.29, 0.717) is 28.7 Å². The van der Waals surface area contributed by atoms with Crippen LogP contribution in [0.2, 0.25) is 0 Å². The summed E-state index contributed by atoms with van der Waals surface area (Å²) in [6.07, 6.45) is -2.79. The van der Waals surface area contributed by atoms with Gasteiger partial charge in [-0.3, -0.25) is 9.36 Å². The molecule has 2 aromatic rings. The molecule has 4 atom stereocenters. The van der Waals surface area contributed by atoms with Crippen molar-refractivity contribution in [2.24, 2.45) is 0 Å². The first-order valence-electron chi connectivity index (χ1n) is 12.3. The van der Waals surface area contributed by atoms with Gasteiger partial charge in [0.2, 0.25) is 0 Å². The third-order valence-electron chi connectivity index (χ3n) is 8.68. The SMILES string of the molecule is Nc1ncnc2c1ncn2[C@@H]1O[C@H](C(=O)NCC(=O)[N+]23CCN4CCN5CCN(CC2)C543)[C@@H](O)[C@H]1O. The number of rotatable bonds is 4. The first-order valence-corrected chi connectivity index (χ1v) is 12.3. The molecule has 0 aromatic carbocycles. The van der Waals surface area contributed by atoms with E-state index < -0.39 is 36.4 Å². The number of nitrogen functional groups attached to an aromatic ring is 1. The van der Waals surface area contributed by atoms with Gasteiger partial charge in [0.1, 0.15) is 43.7 Å². The van der Waals surface area contributed by atoms with E-state index in [2.05, 4.69) is 35.0 Å². The van der Waals surface area contributed by atoms with Crippen molar-refractivity contribution >= 4 is 28.8 Å². The second kappa shape index (κ2) is 7.61. The Morgan fingerprint density at radius 3 is 2.42 bits per heavy atom. The summed E-state index contributed by atoms with van der Waals surface area (Å²) in [5, 5.41) is 23.9. The summed E-state index contributed by atoms with van der Waals surface area (Å²) in [6.45, 7) is 6.70. The second-order valence-electron chi connectivity index (χ2n) is 10.1. The normalized spacial score (nSPS) is 38.2. The maximum Gasteiger partial charge on any atom is 0.336 e. The molecule has 7 heterocycles. The Hall–Kier alpha value is -2.79. The molecular formula is C21H29N10O5+. The van der Waals surface area contributed by atoms with Gasteiger partial charge in [-0.25, -0.2) is 38.9 Å². The molecule has 2 aromatic heterocycles. The smallest absolute Gasteiger partial charge is 0.336 e. The number of anilines is 1. The van der Waals surface area contributed by atoms with Gasteiger partial charge in [0.05, 0.1) is 19.4 Å². The van der Waals surface area contributed by atoms with Gasteiger partial charge in [-0.1, -0.05) is 0 Å². The van der Waals surface area contributed by atoms with Gasteiger partial charge >= 0.3 is 5.91 Å². The van der Waals surface area contributed by atoms with Crippen molar-refractivity contribution in [2.75, 3.05) is 64.6 Å². The van der Waals surface area contributed by atoms with Crippen molar-refractivity contribution in [2.45, 2.75) is 30.5 Å². The first kappa shape index (κ1) is 22.4. The minimum atomic E-state index is -1.50. The predicted molar refractivity (Wildman–Crippen MR) is 121 cm³/mol. The summed E-state index contributed by atoms with van der Waals surface area (Å²) in [7, 11) is 0. The van der Waals surface area contributed by atoms with Gasteiger partial charge in [0.25, 0.3) is 11.8 Å². The number of nitrogens with zero attached hydrogens (tertiary/aromatic N) is 8. The summed E-state index contributed by atoms with van der Waals surface area (Å²) >= 11 is 0. The number of carbonyl (C=O) groups excluding carboxylic acids is 2. The highest BCUT2D eigenvalue weighted by atomic mass is 16.6. The van der Waals surface area contributed by atoms with Gasteiger partial charge in [-0.05, 0) is 0 Å². The Balaban J connectivity index is 1.07. The van der Waals surface area contributed by atoms with Crippen LogP contribution in [0.25, 0.3) is 11.2 Å². The number of amides is 2. The third-order valence-corrected chi connectivity index (χ3v) is 8.68. The quantitative estimate of drug-likeness (QED) is 0.300. The molecule has 0 aliphatic carbocycles. The van der Waals surface area contributed by atoms with Crippen molar-refractivity contribution in [3.05, 3.63) is 12.7 Å². The van der Waals surface area contributed by atoms with E-state index in [1.807, 2.05) is 0 Å². The first-order chi connectivity index (χ1) is 17.4. The van der Waals surface area contributed by atoms with Gasteiger partial charge < -0.3 is 26.0 Å². The summed E-state index contributed by atoms with van der Waals surface area (Å²) in [4.78, 5) is 46.1. The Bertz CT molecular complexity index is 1220. The number of hydrogen-bond donors (Lipinski definition) is 4. The number of quaternary nitrogens is 1. The lowest BCUT2D eigenvalue weighted by molar-refractivity contribution is -0.905. The van der Waals surface area contributed by atoms with Crippen LogP contribution in [-0.4, -0.2) is 144 Å². The standard InChI is InChI=1S/C21H28N10O5/c22-17-13-18(25-10-24-17)30(11-26-13)20-15(34)14(33)16(36-20)19(35)23-9-12(32)31-7-5-28-3-1-27-2-4-29(6-8-31)21(27,28)31/h10-11,14-16,20,33-34H,1-9H2,(H2-,22,23,24,25,35)/p+1/t14-,15+,16-,20+,21?,31?/m0/s1. The lowest BCUT2D eigenvalue weighted by Gasteiger charge is -2.44. The van der Waals surface area contributed by atoms with Gasteiger partial charge in [0, 0.05) is 26.2 Å². The molecule has 0 saturated carbocycles. The van der Waals surface area contributed by atoms with E-state index in [4.69, 9.17) is 10.5 Å². The molecule has 1 spiro atoms. The molecule has 15 nitrogen and oxygen atoms in total. The zero-order valence-corrected chi connectivity index (χ0v) is 19.6. The van der Waals surface area contributed by atoms with Crippen LogP contribution in [0.1, 0.15) is 6.23 Å². The number of nitrogens with two attached hydrogens (primary N) is 1. The van der Waals surface area contributed by atoms with Crippen LogP contribution < -0.4 is 11.1 Å². The molecule has 0 radical (unpaired) electrons. The topological polar surface area (TPSA) is 175 Å². The predicted octanol–water partition coefficient (Wildman–Crippen LogP) is -3.94. The van der Waals surface area contributed by atoms with E-state index in [1.54, 1.807) is 0 Å². The monoisotopic (exact) mass is 501 g/mol. The van der Waals surface area contributed by atoms with Crippen LogP contribution in [0.4, 0.5) is 5.82 Å². The average Bonchev–Trinajstić information content (AvgIpc) is 3.66. The Labute approximate surface area is 205 Å². The number of hydrogen-bond acceptors (Lipinski definition) is 12. The highest BCUT2D eigenvalue weighted by Crippen LogP contribution is 2.50. The fourth-order valence-corrected chi connectivity index (χ4v) is 7.12. The largest absolute Gasteiger partial charge is 0.387 e. The number of aliphatic hydroxyl groups excluding tert-OH is 2. The summed E-state index contributed by atoms with van der Waals surface area (Å²) in [5.41, 5.74) is 6.45. The fourth-order valence-electron chi connectivity index (χ4n) is 7.12. The number of nitrogens with one attached hydrogen (secondary N) is 1. The fraction of sp³-hybridized carbons (Fsp3) is 0.667. The van der Waals surface area contributed by atoms with Crippen LogP contribution in [0.15, 0.2) is 12.7 Å². The molecular weight excluding hydrogens is 472 g/mol. The van der Waals surface area contributed by atoms with Gasteiger partial charge in [-0.2, -0.15) is 0 Å². The molecule has 0 unspecified atom stereocenters. The van der Waals surface area contributed by atoms with Crippen molar-refractivity contribution < 1.29 is 29.0 Å². The van der Waals surface area contributed by atoms with Crippen molar-refractivity contribution in [1.82, 2.24) is 39.5 Å². The molecule has 7 rings (SSSR count). The van der Waals surface area contributed by atoms with Crippen LogP contribution in [0, 0.1) is 0 Å². The van der Waals surface area contributed by atoms with Gasteiger partial charge in [0.15, 0.2) is 23.8 Å². The Morgan fingerprint density at radius 2 is 1.72 bits per heavy atom. The number of fused-ring (bicyclic) bond motifs is 1. The highest BCUT2D eigenvalue weighted by Gasteiger charge is 2.77. The zero-order chi connectivity index (χ0) is 24.8. The summed E-state index contributed by atoms with van der Waals surface area (Å²) < 4.78 is 7.47. The summed E-state index contributed by atoms with van der Waals surface area (Å²) in [6, 6.07) is 0. The van der Waals surface area contributed by atoms with Crippen molar-refractivity contribution in [1.29, 1.82) is 0 Å². The number of imidazole rings is 1. The van der Waals surface area contributed by atoms with Crippen LogP contribution >= 0.6 is 0 Å². The molecule has 5 N–H and O–H groups in total. The average molecular weight is 502 g/mol. The minimum Gasteiger partial charge on any atom is -0.387 e. The lowest BCUT2D eigenvalue weighted by Crippen LogP contribution is -2.72. The molecule has 5 fully saturated rings. The Kier molecular flexibility index (Phi) is 4.74. The second-order valence-corrected chi connectivity index (χ2v) is 10.1. The maximum atomic E-state index is 13.7. The maximum absolute atomic E-state index is 13.7. The molecule has 5 aliphatic heterocycles. The number of aromatic nitrogens is 4. The summed E-state index contributed by atoms with van der Waals surface area (Å²) in [5.74, 6) is -0.970. The molecule has 36 heavy (non-hydrogen) atoms. The van der Waals surface area contributed by atoms with E-state index in [-0.39, 0.29) is 18.3 Å². The van der Waals surface area contributed by atoms with E-state index in [1.165, 1.54) is 17.2 Å². The van der Waals surface area contributed by atoms with E-state index in [0.717, 1.165) is 39.3 Å². The zero-order valence-electron chi connectivity index (χ0n) is 19.6. The highest BCUT2D eigenvalue weighted by molar-refractivity contribution is 5.86. The molecule has 2 amide bonds. The molecule has 15 heteroatoms. The third kappa shape index (κ3) is 2.62. The van der Waals surface area contributed by atoms with Crippen LogP contribution in [0.3, 0.4) is 0 Å². The van der Waals surface area contributed by atoms with E-state index >= 15 is 0 Å². The number of carbonyl (C=O) groups is 2. The van der Waals surface area contributed by atoms with Crippen LogP contribution in [-0.2, 0) is 14.3 Å². The Morgan fingerprint density at radius 1 is 1.06 bits per heavy atom. The lowest BCUT2D eigenvalue weighted by atomic mass is 10.1. The van der Waals surface area contributed by atoms with Crippen molar-refractivity contribution in [3.8, 4) is 0 Å². The molecule has 5 aliphatic rings.